The quantitative estimate of drug-likeness (QED) is 0.135. The number of hydrogen-bond acceptors (Lipinski definition) is 7. The van der Waals surface area contributed by atoms with Crippen LogP contribution in [-0.2, 0) is 0 Å². The van der Waals surface area contributed by atoms with Gasteiger partial charge < -0.3 is 4.74 Å². The number of ketones is 2. The predicted molar refractivity (Wildman–Crippen MR) is 205 cm³/mol. The number of rotatable bonds is 4. The van der Waals surface area contributed by atoms with Crippen molar-refractivity contribution in [3.8, 4) is 29.4 Å². The van der Waals surface area contributed by atoms with E-state index in [2.05, 4.69) is 57.7 Å². The second-order valence-electron chi connectivity index (χ2n) is 10.4. The molecule has 0 aliphatic carbocycles. The number of hydrogen-bond donors (Lipinski definition) is 0. The van der Waals surface area contributed by atoms with Crippen LogP contribution in [0.15, 0.2) is 85.5 Å². The van der Waals surface area contributed by atoms with Crippen LogP contribution < -0.4 is 4.74 Å². The van der Waals surface area contributed by atoms with Gasteiger partial charge in [0.1, 0.15) is 17.1 Å². The van der Waals surface area contributed by atoms with Crippen molar-refractivity contribution < 1.29 is 14.3 Å². The van der Waals surface area contributed by atoms with E-state index >= 15 is 0 Å². The first kappa shape index (κ1) is 41.1. The Bertz CT molecular complexity index is 2160. The van der Waals surface area contributed by atoms with E-state index in [1.807, 2.05) is 84.0 Å². The summed E-state index contributed by atoms with van der Waals surface area (Å²) in [5.74, 6) is 13.0. The number of aromatic nitrogens is 6. The van der Waals surface area contributed by atoms with Gasteiger partial charge in [-0.2, -0.15) is 10.2 Å². The van der Waals surface area contributed by atoms with Gasteiger partial charge in [0, 0.05) is 35.5 Å². The third kappa shape index (κ3) is 11.5. The molecule has 0 fully saturated rings. The second-order valence-corrected chi connectivity index (χ2v) is 10.4. The lowest BCUT2D eigenvalue weighted by atomic mass is 10.0. The van der Waals surface area contributed by atoms with Gasteiger partial charge in [-0.25, -0.2) is 19.0 Å². The molecule has 4 aromatic heterocycles. The first-order valence-electron chi connectivity index (χ1n) is 17.2. The van der Waals surface area contributed by atoms with Gasteiger partial charge in [0.25, 0.3) is 0 Å². The Balaban J connectivity index is 0.000000301. The van der Waals surface area contributed by atoms with Gasteiger partial charge >= 0.3 is 0 Å². The molecule has 9 heteroatoms. The number of ether oxygens (including phenoxy) is 1. The average molecular weight is 685 g/mol. The van der Waals surface area contributed by atoms with Gasteiger partial charge in [-0.3, -0.25) is 9.59 Å². The molecule has 0 spiro atoms. The lowest BCUT2D eigenvalue weighted by Crippen LogP contribution is -1.98. The first-order valence-corrected chi connectivity index (χ1v) is 17.2. The van der Waals surface area contributed by atoms with Crippen LogP contribution >= 0.6 is 0 Å². The third-order valence-corrected chi connectivity index (χ3v) is 6.69. The predicted octanol–water partition coefficient (Wildman–Crippen LogP) is 8.84. The zero-order chi connectivity index (χ0) is 37.8. The Morgan fingerprint density at radius 2 is 1.20 bits per heavy atom. The SMILES string of the molecule is CC.CC.CCC.CCC(=O)c1ccc(C)c(C#Cc2cnc3cccnn23)c1.COc1ccc(C(C)=O)cc1C#Cc1cnc2cccnn12. The number of nitrogens with zero attached hydrogens (tertiary/aromatic N) is 6. The van der Waals surface area contributed by atoms with E-state index in [-0.39, 0.29) is 11.6 Å². The first-order chi connectivity index (χ1) is 24.8. The van der Waals surface area contributed by atoms with E-state index in [1.54, 1.807) is 59.1 Å². The van der Waals surface area contributed by atoms with Gasteiger partial charge in [0.2, 0.25) is 0 Å². The Labute approximate surface area is 302 Å². The van der Waals surface area contributed by atoms with Crippen molar-refractivity contribution in [3.05, 3.63) is 125 Å². The number of methoxy groups -OCH3 is 1. The minimum Gasteiger partial charge on any atom is -0.495 e. The van der Waals surface area contributed by atoms with E-state index in [9.17, 15) is 9.59 Å². The van der Waals surface area contributed by atoms with Crippen LogP contribution in [0.3, 0.4) is 0 Å². The monoisotopic (exact) mass is 684 g/mol. The molecule has 0 unspecified atom stereocenters. The molecule has 6 rings (SSSR count). The summed E-state index contributed by atoms with van der Waals surface area (Å²) in [4.78, 5) is 31.8. The van der Waals surface area contributed by atoms with Crippen molar-refractivity contribution in [1.29, 1.82) is 0 Å². The molecule has 4 heterocycles. The van der Waals surface area contributed by atoms with E-state index in [0.717, 1.165) is 28.1 Å². The maximum Gasteiger partial charge on any atom is 0.162 e. The molecule has 0 amide bonds. The van der Waals surface area contributed by atoms with Crippen molar-refractivity contribution in [3.63, 3.8) is 0 Å². The molecule has 0 saturated carbocycles. The fourth-order valence-electron chi connectivity index (χ4n) is 4.25. The standard InChI is InChI=1S/C18H15N3O.C17H13N3O2.C3H8.2C2H6/c1-3-17(22)15-7-6-13(2)14(11-15)8-9-16-12-19-18-5-4-10-20-21(16)18;1-12(21)13-6-8-16(22-2)14(10-13)5-7-15-11-18-17-4-3-9-19-20(15)17;1-3-2;2*1-2/h4-7,10-12H,3H2,1-2H3;3-4,6,8-11H,1-2H3;3H2,1-2H3;2*1-2H3. The highest BCUT2D eigenvalue weighted by molar-refractivity contribution is 5.96. The molecule has 0 aliphatic heterocycles. The summed E-state index contributed by atoms with van der Waals surface area (Å²) in [6.45, 7) is 17.6. The molecule has 9 nitrogen and oxygen atoms in total. The summed E-state index contributed by atoms with van der Waals surface area (Å²) in [7, 11) is 1.57. The molecule has 0 atom stereocenters. The smallest absolute Gasteiger partial charge is 0.162 e. The molecular weight excluding hydrogens is 637 g/mol. The number of aryl methyl sites for hydroxylation is 1. The summed E-state index contributed by atoms with van der Waals surface area (Å²) in [5.41, 5.74) is 6.74. The highest BCUT2D eigenvalue weighted by atomic mass is 16.5. The highest BCUT2D eigenvalue weighted by Crippen LogP contribution is 2.19. The third-order valence-electron chi connectivity index (χ3n) is 6.69. The zero-order valence-electron chi connectivity index (χ0n) is 31.4. The van der Waals surface area contributed by atoms with Crippen LogP contribution in [0.4, 0.5) is 0 Å². The zero-order valence-corrected chi connectivity index (χ0v) is 31.4. The molecule has 0 saturated heterocycles. The molecular formula is C42H48N6O3. The minimum absolute atomic E-state index is 0.0119. The molecule has 51 heavy (non-hydrogen) atoms. The Hall–Kier alpha value is -6.06. The molecule has 0 N–H and O–H groups in total. The van der Waals surface area contributed by atoms with Crippen LogP contribution in [0.2, 0.25) is 0 Å². The lowest BCUT2D eigenvalue weighted by molar-refractivity contribution is 0.0985. The topological polar surface area (TPSA) is 104 Å². The maximum atomic E-state index is 11.8. The Kier molecular flexibility index (Phi) is 17.6. The number of carbonyl (C=O) groups excluding carboxylic acids is 2. The largest absolute Gasteiger partial charge is 0.495 e. The summed E-state index contributed by atoms with van der Waals surface area (Å²) in [6.07, 6.45) is 8.48. The molecule has 6 aromatic rings. The van der Waals surface area contributed by atoms with Gasteiger partial charge in [-0.05, 0) is 79.8 Å². The lowest BCUT2D eigenvalue weighted by Gasteiger charge is -2.04. The van der Waals surface area contributed by atoms with E-state index < -0.39 is 0 Å². The summed E-state index contributed by atoms with van der Waals surface area (Å²) in [5, 5.41) is 8.44. The molecule has 0 bridgehead atoms. The van der Waals surface area contributed by atoms with Crippen LogP contribution in [-0.4, -0.2) is 47.9 Å². The fraction of sp³-hybridized carbons (Fsp3) is 0.286. The number of fused-ring (bicyclic) bond motifs is 2. The average Bonchev–Trinajstić information content (AvgIpc) is 3.79. The van der Waals surface area contributed by atoms with Gasteiger partial charge in [0.05, 0.1) is 25.1 Å². The summed E-state index contributed by atoms with van der Waals surface area (Å²) in [6, 6.07) is 18.2. The van der Waals surface area contributed by atoms with E-state index in [4.69, 9.17) is 4.74 Å². The van der Waals surface area contributed by atoms with Crippen molar-refractivity contribution in [2.24, 2.45) is 0 Å². The normalized spacial score (nSPS) is 9.37. The Morgan fingerprint density at radius 3 is 1.69 bits per heavy atom. The van der Waals surface area contributed by atoms with Crippen LogP contribution in [0, 0.1) is 30.6 Å². The van der Waals surface area contributed by atoms with Crippen LogP contribution in [0.1, 0.15) is 117 Å². The van der Waals surface area contributed by atoms with Crippen molar-refractivity contribution in [1.82, 2.24) is 29.2 Å². The number of carbonyl (C=O) groups is 2. The van der Waals surface area contributed by atoms with Gasteiger partial charge in [0.15, 0.2) is 22.9 Å². The van der Waals surface area contributed by atoms with Gasteiger partial charge in [-0.1, -0.05) is 78.9 Å². The van der Waals surface area contributed by atoms with E-state index in [1.165, 1.54) is 13.3 Å². The van der Waals surface area contributed by atoms with Gasteiger partial charge in [-0.15, -0.1) is 0 Å². The van der Waals surface area contributed by atoms with Crippen LogP contribution in [0.5, 0.6) is 5.75 Å². The maximum absolute atomic E-state index is 11.8. The second kappa shape index (κ2) is 21.8. The molecule has 2 aromatic carbocycles. The number of Topliss-reactive ketones (excluding diaryl/α,β-unsaturated/α-hetero) is 2. The van der Waals surface area contributed by atoms with Crippen molar-refractivity contribution in [2.45, 2.75) is 75.2 Å². The molecule has 0 radical (unpaired) electrons. The highest BCUT2D eigenvalue weighted by Gasteiger charge is 2.07. The fourth-order valence-corrected chi connectivity index (χ4v) is 4.25. The Morgan fingerprint density at radius 1 is 0.706 bits per heavy atom. The number of imidazole rings is 2. The van der Waals surface area contributed by atoms with E-state index in [0.29, 0.717) is 34.6 Å². The van der Waals surface area contributed by atoms with Crippen LogP contribution in [0.25, 0.3) is 11.3 Å². The summed E-state index contributed by atoms with van der Waals surface area (Å²) >= 11 is 0. The molecule has 264 valence electrons. The van der Waals surface area contributed by atoms with Crippen molar-refractivity contribution in [2.75, 3.05) is 7.11 Å². The number of benzene rings is 2. The minimum atomic E-state index is -0.0119. The molecule has 0 aliphatic rings. The summed E-state index contributed by atoms with van der Waals surface area (Å²) < 4.78 is 8.64. The van der Waals surface area contributed by atoms with Crippen molar-refractivity contribution >= 4 is 22.9 Å².